The first-order valence-corrected chi connectivity index (χ1v) is 11.0. The molecule has 29 heavy (non-hydrogen) atoms. The Morgan fingerprint density at radius 2 is 1.76 bits per heavy atom. The molecule has 0 bridgehead atoms. The lowest BCUT2D eigenvalue weighted by atomic mass is 9.93. The van der Waals surface area contributed by atoms with Crippen molar-refractivity contribution in [1.29, 1.82) is 0 Å². The maximum atomic E-state index is 10.7. The van der Waals surface area contributed by atoms with Crippen molar-refractivity contribution in [3.8, 4) is 5.75 Å². The topological polar surface area (TPSA) is 52.9 Å². The maximum Gasteiger partial charge on any atom is 0.120 e. The van der Waals surface area contributed by atoms with Crippen molar-refractivity contribution in [3.05, 3.63) is 64.7 Å². The van der Waals surface area contributed by atoms with E-state index in [1.807, 2.05) is 49.4 Å². The molecule has 2 aromatic carbocycles. The van der Waals surface area contributed by atoms with Crippen molar-refractivity contribution in [1.82, 2.24) is 4.90 Å². The molecule has 0 aliphatic heterocycles. The van der Waals surface area contributed by atoms with Crippen molar-refractivity contribution in [2.45, 2.75) is 63.8 Å². The van der Waals surface area contributed by atoms with E-state index in [2.05, 4.69) is 4.90 Å². The molecule has 0 saturated heterocycles. The van der Waals surface area contributed by atoms with E-state index in [1.165, 1.54) is 19.3 Å². The molecule has 1 saturated carbocycles. The molecule has 1 aliphatic carbocycles. The fourth-order valence-electron chi connectivity index (χ4n) is 4.06. The van der Waals surface area contributed by atoms with Crippen LogP contribution in [0.25, 0.3) is 0 Å². The van der Waals surface area contributed by atoms with Crippen LogP contribution in [-0.2, 0) is 11.3 Å². The second kappa shape index (κ2) is 11.0. The molecular formula is C24H32ClNO3. The number of ether oxygens (including phenoxy) is 1. The first-order chi connectivity index (χ1) is 14.0. The van der Waals surface area contributed by atoms with Gasteiger partial charge in [-0.3, -0.25) is 4.90 Å². The minimum Gasteiger partial charge on any atom is -0.508 e. The van der Waals surface area contributed by atoms with Gasteiger partial charge >= 0.3 is 0 Å². The Morgan fingerprint density at radius 1 is 1.07 bits per heavy atom. The van der Waals surface area contributed by atoms with Gasteiger partial charge in [-0.2, -0.15) is 0 Å². The summed E-state index contributed by atoms with van der Waals surface area (Å²) in [4.78, 5) is 2.31. The first kappa shape index (κ1) is 22.1. The van der Waals surface area contributed by atoms with E-state index in [4.69, 9.17) is 16.3 Å². The highest BCUT2D eigenvalue weighted by atomic mass is 35.5. The van der Waals surface area contributed by atoms with Crippen LogP contribution in [-0.4, -0.2) is 40.4 Å². The molecule has 4 nitrogen and oxygen atoms in total. The average Bonchev–Trinajstić information content (AvgIpc) is 2.74. The number of aliphatic hydroxyl groups is 1. The first-order valence-electron chi connectivity index (χ1n) is 10.6. The Balaban J connectivity index is 1.58. The molecule has 0 aromatic heterocycles. The molecule has 2 aromatic rings. The number of hydrogen-bond donors (Lipinski definition) is 2. The lowest BCUT2D eigenvalue weighted by Gasteiger charge is -2.36. The highest BCUT2D eigenvalue weighted by molar-refractivity contribution is 6.30. The van der Waals surface area contributed by atoms with Gasteiger partial charge in [0.2, 0.25) is 0 Å². The Kier molecular flexibility index (Phi) is 8.37. The molecule has 0 spiro atoms. The van der Waals surface area contributed by atoms with Crippen molar-refractivity contribution < 1.29 is 14.9 Å². The molecule has 0 radical (unpaired) electrons. The summed E-state index contributed by atoms with van der Waals surface area (Å²) in [6.07, 6.45) is 5.32. The van der Waals surface area contributed by atoms with Crippen LogP contribution in [0, 0.1) is 0 Å². The van der Waals surface area contributed by atoms with Gasteiger partial charge in [-0.1, -0.05) is 61.2 Å². The van der Waals surface area contributed by atoms with Crippen LogP contribution >= 0.6 is 11.6 Å². The zero-order chi connectivity index (χ0) is 20.6. The Bertz CT molecular complexity index is 746. The van der Waals surface area contributed by atoms with E-state index in [-0.39, 0.29) is 12.7 Å². The number of phenolic OH excluding ortho intramolecular Hbond substituents is 1. The van der Waals surface area contributed by atoms with Gasteiger partial charge < -0.3 is 14.9 Å². The summed E-state index contributed by atoms with van der Waals surface area (Å²) in [6.45, 7) is 3.43. The van der Waals surface area contributed by atoms with E-state index in [0.717, 1.165) is 24.0 Å². The highest BCUT2D eigenvalue weighted by Crippen LogP contribution is 2.27. The number of phenols is 1. The largest absolute Gasteiger partial charge is 0.508 e. The SMILES string of the molecule is C[C@@H](OC[C@@H](O)CN(Cc1ccccc1O)C1CCCCC1)c1ccc(Cl)cc1. The Hall–Kier alpha value is -1.59. The second-order valence-electron chi connectivity index (χ2n) is 8.03. The van der Waals surface area contributed by atoms with Crippen molar-refractivity contribution >= 4 is 11.6 Å². The van der Waals surface area contributed by atoms with Crippen LogP contribution in [0.3, 0.4) is 0 Å². The number of aromatic hydroxyl groups is 1. The third-order valence-electron chi connectivity index (χ3n) is 5.78. The normalized spacial score (nSPS) is 17.4. The number of rotatable bonds is 9. The number of halogens is 1. The van der Waals surface area contributed by atoms with Crippen LogP contribution in [0.2, 0.25) is 5.02 Å². The van der Waals surface area contributed by atoms with Crippen molar-refractivity contribution in [2.24, 2.45) is 0 Å². The van der Waals surface area contributed by atoms with Crippen LogP contribution in [0.15, 0.2) is 48.5 Å². The minimum atomic E-state index is -0.586. The summed E-state index contributed by atoms with van der Waals surface area (Å²) >= 11 is 5.95. The molecule has 5 heteroatoms. The van der Waals surface area contributed by atoms with Gasteiger partial charge in [0.25, 0.3) is 0 Å². The molecule has 1 fully saturated rings. The lowest BCUT2D eigenvalue weighted by Crippen LogP contribution is -2.42. The monoisotopic (exact) mass is 417 g/mol. The number of benzene rings is 2. The van der Waals surface area contributed by atoms with Crippen molar-refractivity contribution in [3.63, 3.8) is 0 Å². The fraction of sp³-hybridized carbons (Fsp3) is 0.500. The minimum absolute atomic E-state index is 0.108. The van der Waals surface area contributed by atoms with E-state index >= 15 is 0 Å². The molecule has 158 valence electrons. The van der Waals surface area contributed by atoms with Gasteiger partial charge in [-0.05, 0) is 43.5 Å². The van der Waals surface area contributed by atoms with Gasteiger partial charge in [0.15, 0.2) is 0 Å². The van der Waals surface area contributed by atoms with E-state index < -0.39 is 6.10 Å². The fourth-order valence-corrected chi connectivity index (χ4v) is 4.19. The average molecular weight is 418 g/mol. The summed E-state index contributed by atoms with van der Waals surface area (Å²) in [5.41, 5.74) is 1.95. The van der Waals surface area contributed by atoms with Gasteiger partial charge in [-0.15, -0.1) is 0 Å². The molecule has 0 heterocycles. The molecule has 2 atom stereocenters. The predicted molar refractivity (Wildman–Crippen MR) is 117 cm³/mol. The van der Waals surface area contributed by atoms with Crippen LogP contribution in [0.5, 0.6) is 5.75 Å². The molecular weight excluding hydrogens is 386 g/mol. The highest BCUT2D eigenvalue weighted by Gasteiger charge is 2.24. The number of hydrogen-bond acceptors (Lipinski definition) is 4. The van der Waals surface area contributed by atoms with Crippen LogP contribution in [0.1, 0.15) is 56.3 Å². The Morgan fingerprint density at radius 3 is 2.45 bits per heavy atom. The standard InChI is InChI=1S/C24H32ClNO3/c1-18(19-11-13-21(25)14-12-19)29-17-23(27)16-26(22-8-3-2-4-9-22)15-20-7-5-6-10-24(20)28/h5-7,10-14,18,22-23,27-28H,2-4,8-9,15-17H2,1H3/t18-,23+/m1/s1. The maximum absolute atomic E-state index is 10.7. The van der Waals surface area contributed by atoms with Gasteiger partial charge in [0.1, 0.15) is 5.75 Å². The van der Waals surface area contributed by atoms with Gasteiger partial charge in [0, 0.05) is 29.7 Å². The lowest BCUT2D eigenvalue weighted by molar-refractivity contribution is -0.0247. The molecule has 0 amide bonds. The summed E-state index contributed by atoms with van der Waals surface area (Å²) in [6, 6.07) is 15.5. The second-order valence-corrected chi connectivity index (χ2v) is 8.47. The van der Waals surface area contributed by atoms with E-state index in [1.54, 1.807) is 6.07 Å². The zero-order valence-electron chi connectivity index (χ0n) is 17.1. The van der Waals surface area contributed by atoms with E-state index in [9.17, 15) is 10.2 Å². The third kappa shape index (κ3) is 6.71. The molecule has 0 unspecified atom stereocenters. The quantitative estimate of drug-likeness (QED) is 0.579. The molecule has 3 rings (SSSR count). The van der Waals surface area contributed by atoms with Gasteiger partial charge in [-0.25, -0.2) is 0 Å². The number of nitrogens with zero attached hydrogens (tertiary/aromatic N) is 1. The van der Waals surface area contributed by atoms with Gasteiger partial charge in [0.05, 0.1) is 18.8 Å². The summed E-state index contributed by atoms with van der Waals surface area (Å²) < 4.78 is 5.92. The zero-order valence-corrected chi connectivity index (χ0v) is 17.9. The summed E-state index contributed by atoms with van der Waals surface area (Å²) in [5.74, 6) is 0.315. The van der Waals surface area contributed by atoms with Crippen LogP contribution in [0.4, 0.5) is 0 Å². The molecule has 2 N–H and O–H groups in total. The predicted octanol–water partition coefficient (Wildman–Crippen LogP) is 5.32. The van der Waals surface area contributed by atoms with Crippen molar-refractivity contribution in [2.75, 3.05) is 13.2 Å². The van der Waals surface area contributed by atoms with Crippen LogP contribution < -0.4 is 0 Å². The van der Waals surface area contributed by atoms with E-state index in [0.29, 0.717) is 29.9 Å². The smallest absolute Gasteiger partial charge is 0.120 e. The third-order valence-corrected chi connectivity index (χ3v) is 6.03. The summed E-state index contributed by atoms with van der Waals surface area (Å²) in [7, 11) is 0. The number of para-hydroxylation sites is 1. The molecule has 1 aliphatic rings. The number of aliphatic hydroxyl groups excluding tert-OH is 1. The summed E-state index contributed by atoms with van der Waals surface area (Å²) in [5, 5.41) is 21.6. The Labute approximate surface area is 179 Å².